The molecule has 0 fully saturated rings. The number of halogens is 2. The summed E-state index contributed by atoms with van der Waals surface area (Å²) >= 11 is 0. The topological polar surface area (TPSA) is 72.2 Å². The molecule has 28 heavy (non-hydrogen) atoms. The van der Waals surface area contributed by atoms with Crippen LogP contribution in [0.3, 0.4) is 0 Å². The van der Waals surface area contributed by atoms with E-state index in [0.717, 1.165) is 18.2 Å². The molecule has 7 heteroatoms. The van der Waals surface area contributed by atoms with Crippen LogP contribution in [0.4, 0.5) is 8.78 Å². The summed E-state index contributed by atoms with van der Waals surface area (Å²) in [5.41, 5.74) is 1.40. The van der Waals surface area contributed by atoms with E-state index in [1.807, 2.05) is 6.92 Å². The molecular weight excluding hydrogens is 366 g/mol. The SMILES string of the molecule is CCc1nc2cc(F)c(C=CC(=O)O)cc2c(=O)n1-c1c(C)cc(F)cc1C. The predicted octanol–water partition coefficient (Wildman–Crippen LogP) is 3.94. The van der Waals surface area contributed by atoms with Gasteiger partial charge in [-0.3, -0.25) is 9.36 Å². The van der Waals surface area contributed by atoms with Crippen molar-refractivity contribution in [1.29, 1.82) is 0 Å². The van der Waals surface area contributed by atoms with Crippen LogP contribution in [0.15, 0.2) is 35.1 Å². The van der Waals surface area contributed by atoms with Crippen molar-refractivity contribution in [2.45, 2.75) is 27.2 Å². The molecule has 0 atom stereocenters. The standard InChI is InChI=1S/C21H18F2N2O3/c1-4-18-24-17-10-16(23)13(5-6-19(26)27)9-15(17)21(28)25(18)20-11(2)7-14(22)8-12(20)3/h5-10H,4H2,1-3H3,(H,26,27). The third-order valence-electron chi connectivity index (χ3n) is 4.46. The van der Waals surface area contributed by atoms with E-state index in [1.54, 1.807) is 13.8 Å². The largest absolute Gasteiger partial charge is 0.478 e. The van der Waals surface area contributed by atoms with E-state index in [0.29, 0.717) is 29.1 Å². The van der Waals surface area contributed by atoms with Crippen molar-refractivity contribution in [2.75, 3.05) is 0 Å². The molecule has 5 nitrogen and oxygen atoms in total. The third-order valence-corrected chi connectivity index (χ3v) is 4.46. The van der Waals surface area contributed by atoms with Gasteiger partial charge in [-0.25, -0.2) is 18.6 Å². The zero-order valence-electron chi connectivity index (χ0n) is 15.6. The monoisotopic (exact) mass is 384 g/mol. The van der Waals surface area contributed by atoms with Crippen LogP contribution in [0.25, 0.3) is 22.7 Å². The Hall–Kier alpha value is -3.35. The van der Waals surface area contributed by atoms with Gasteiger partial charge in [0.1, 0.15) is 17.5 Å². The quantitative estimate of drug-likeness (QED) is 0.692. The van der Waals surface area contributed by atoms with Crippen LogP contribution in [0.5, 0.6) is 0 Å². The smallest absolute Gasteiger partial charge is 0.328 e. The van der Waals surface area contributed by atoms with E-state index in [1.165, 1.54) is 22.8 Å². The highest BCUT2D eigenvalue weighted by molar-refractivity contribution is 5.87. The number of aliphatic carboxylic acids is 1. The number of benzene rings is 2. The van der Waals surface area contributed by atoms with Gasteiger partial charge in [0.2, 0.25) is 0 Å². The Kier molecular flexibility index (Phi) is 5.09. The van der Waals surface area contributed by atoms with E-state index in [4.69, 9.17) is 5.11 Å². The lowest BCUT2D eigenvalue weighted by atomic mass is 10.1. The molecule has 1 heterocycles. The molecule has 144 valence electrons. The molecule has 3 rings (SSSR count). The molecule has 2 aromatic carbocycles. The van der Waals surface area contributed by atoms with Crippen molar-refractivity contribution < 1.29 is 18.7 Å². The maximum atomic E-state index is 14.3. The fraction of sp³-hybridized carbons (Fsp3) is 0.190. The Morgan fingerprint density at radius 1 is 1.18 bits per heavy atom. The second-order valence-electron chi connectivity index (χ2n) is 6.47. The zero-order chi connectivity index (χ0) is 20.6. The second kappa shape index (κ2) is 7.34. The highest BCUT2D eigenvalue weighted by Crippen LogP contribution is 2.23. The van der Waals surface area contributed by atoms with Crippen LogP contribution < -0.4 is 5.56 Å². The number of hydrogen-bond donors (Lipinski definition) is 1. The Morgan fingerprint density at radius 3 is 2.39 bits per heavy atom. The molecule has 0 amide bonds. The molecule has 0 radical (unpaired) electrons. The van der Waals surface area contributed by atoms with Crippen LogP contribution in [-0.2, 0) is 11.2 Å². The van der Waals surface area contributed by atoms with Gasteiger partial charge in [-0.05, 0) is 49.2 Å². The molecule has 0 bridgehead atoms. The Labute approximate surface area is 159 Å². The van der Waals surface area contributed by atoms with Crippen molar-refractivity contribution in [3.05, 3.63) is 74.8 Å². The Morgan fingerprint density at radius 2 is 1.82 bits per heavy atom. The van der Waals surface area contributed by atoms with Crippen LogP contribution in [0.2, 0.25) is 0 Å². The number of carbonyl (C=O) groups is 1. The van der Waals surface area contributed by atoms with Crippen LogP contribution >= 0.6 is 0 Å². The third kappa shape index (κ3) is 3.43. The Balaban J connectivity index is 2.38. The maximum absolute atomic E-state index is 14.3. The number of fused-ring (bicyclic) bond motifs is 1. The van der Waals surface area contributed by atoms with Gasteiger partial charge in [-0.15, -0.1) is 0 Å². The van der Waals surface area contributed by atoms with Crippen LogP contribution in [0, 0.1) is 25.5 Å². The summed E-state index contributed by atoms with van der Waals surface area (Å²) in [5.74, 6) is -1.88. The number of carboxylic acids is 1. The van der Waals surface area contributed by atoms with E-state index in [9.17, 15) is 18.4 Å². The molecule has 0 spiro atoms. The molecule has 1 N–H and O–H groups in total. The molecule has 0 unspecified atom stereocenters. The minimum atomic E-state index is -1.23. The summed E-state index contributed by atoms with van der Waals surface area (Å²) < 4.78 is 29.4. The van der Waals surface area contributed by atoms with Crippen molar-refractivity contribution in [2.24, 2.45) is 0 Å². The van der Waals surface area contributed by atoms with Crippen molar-refractivity contribution >= 4 is 22.9 Å². The van der Waals surface area contributed by atoms with Crippen molar-refractivity contribution in [3.63, 3.8) is 0 Å². The number of aryl methyl sites for hydroxylation is 3. The van der Waals surface area contributed by atoms with E-state index in [-0.39, 0.29) is 16.5 Å². The lowest BCUT2D eigenvalue weighted by Gasteiger charge is -2.17. The molecule has 1 aromatic heterocycles. The fourth-order valence-corrected chi connectivity index (χ4v) is 3.28. The lowest BCUT2D eigenvalue weighted by molar-refractivity contribution is -0.131. The first kappa shape index (κ1) is 19.4. The summed E-state index contributed by atoms with van der Waals surface area (Å²) in [7, 11) is 0. The number of rotatable bonds is 4. The van der Waals surface area contributed by atoms with Gasteiger partial charge in [-0.2, -0.15) is 0 Å². The summed E-state index contributed by atoms with van der Waals surface area (Å²) in [4.78, 5) is 28.4. The van der Waals surface area contributed by atoms with Gasteiger partial charge < -0.3 is 5.11 Å². The van der Waals surface area contributed by atoms with Crippen LogP contribution in [-0.4, -0.2) is 20.6 Å². The molecule has 0 saturated carbocycles. The van der Waals surface area contributed by atoms with Gasteiger partial charge in [0, 0.05) is 24.1 Å². The van der Waals surface area contributed by atoms with Gasteiger partial charge in [0.05, 0.1) is 16.6 Å². The number of aromatic nitrogens is 2. The second-order valence-corrected chi connectivity index (χ2v) is 6.47. The summed E-state index contributed by atoms with van der Waals surface area (Å²) in [6.07, 6.45) is 2.29. The van der Waals surface area contributed by atoms with Crippen molar-refractivity contribution in [1.82, 2.24) is 9.55 Å². The fourth-order valence-electron chi connectivity index (χ4n) is 3.28. The van der Waals surface area contributed by atoms with Gasteiger partial charge in [-0.1, -0.05) is 6.92 Å². The van der Waals surface area contributed by atoms with Crippen molar-refractivity contribution in [3.8, 4) is 5.69 Å². The van der Waals surface area contributed by atoms with Gasteiger partial charge in [0.15, 0.2) is 0 Å². The molecule has 0 saturated heterocycles. The maximum Gasteiger partial charge on any atom is 0.328 e. The first-order valence-electron chi connectivity index (χ1n) is 8.66. The molecule has 0 aliphatic heterocycles. The van der Waals surface area contributed by atoms with E-state index >= 15 is 0 Å². The number of carboxylic acid groups (broad SMARTS) is 1. The lowest BCUT2D eigenvalue weighted by Crippen LogP contribution is -2.25. The van der Waals surface area contributed by atoms with Gasteiger partial charge in [0.25, 0.3) is 5.56 Å². The average Bonchev–Trinajstić information content (AvgIpc) is 2.61. The van der Waals surface area contributed by atoms with Crippen LogP contribution in [0.1, 0.15) is 29.4 Å². The highest BCUT2D eigenvalue weighted by atomic mass is 19.1. The molecule has 3 aromatic rings. The first-order valence-corrected chi connectivity index (χ1v) is 8.66. The van der Waals surface area contributed by atoms with E-state index < -0.39 is 23.2 Å². The minimum absolute atomic E-state index is 0.0304. The van der Waals surface area contributed by atoms with E-state index in [2.05, 4.69) is 4.98 Å². The first-order chi connectivity index (χ1) is 13.2. The molecule has 0 aliphatic carbocycles. The number of hydrogen-bond acceptors (Lipinski definition) is 3. The minimum Gasteiger partial charge on any atom is -0.478 e. The average molecular weight is 384 g/mol. The summed E-state index contributed by atoms with van der Waals surface area (Å²) in [5, 5.41) is 8.91. The highest BCUT2D eigenvalue weighted by Gasteiger charge is 2.17. The summed E-state index contributed by atoms with van der Waals surface area (Å²) in [6, 6.07) is 5.07. The molecule has 0 aliphatic rings. The Bertz CT molecular complexity index is 1170. The number of nitrogens with zero attached hydrogens (tertiary/aromatic N) is 2. The van der Waals surface area contributed by atoms with Gasteiger partial charge >= 0.3 is 5.97 Å². The molecular formula is C21H18F2N2O3. The predicted molar refractivity (Wildman–Crippen MR) is 103 cm³/mol. The summed E-state index contributed by atoms with van der Waals surface area (Å²) in [6.45, 7) is 5.22. The zero-order valence-corrected chi connectivity index (χ0v) is 15.6. The normalized spacial score (nSPS) is 11.5.